The molecule has 0 unspecified atom stereocenters. The van der Waals surface area contributed by atoms with Crippen LogP contribution in [0.1, 0.15) is 50.5 Å². The van der Waals surface area contributed by atoms with Crippen molar-refractivity contribution in [3.05, 3.63) is 70.8 Å². The van der Waals surface area contributed by atoms with E-state index in [0.29, 0.717) is 19.7 Å². The summed E-state index contributed by atoms with van der Waals surface area (Å²) in [6.45, 7) is 13.2. The highest BCUT2D eigenvalue weighted by atomic mass is 28.4. The van der Waals surface area contributed by atoms with Crippen molar-refractivity contribution < 1.29 is 9.53 Å². The quantitative estimate of drug-likeness (QED) is 0.596. The van der Waals surface area contributed by atoms with E-state index in [9.17, 15) is 0 Å². The first-order valence-electron chi connectivity index (χ1n) is 9.44. The molecule has 5 heteroatoms. The molecule has 2 rings (SSSR count). The number of aliphatic hydroxyl groups is 1. The number of rotatable bonds is 6. The molecule has 0 heterocycles. The minimum Gasteiger partial charge on any atom is -0.413 e. The molecule has 0 spiro atoms. The Balaban J connectivity index is 0.000000567. The van der Waals surface area contributed by atoms with Gasteiger partial charge in [0, 0.05) is 13.1 Å². The molecule has 0 saturated heterocycles. The first-order valence-corrected chi connectivity index (χ1v) is 12.4. The van der Waals surface area contributed by atoms with Crippen LogP contribution in [0, 0.1) is 0 Å². The standard InChI is InChI=1S/C14H25NOSi.C8H11NO.CH4/c1-14(2,3)17(4,5)16-11-13-9-7-6-8-12(13)10-15;9-5-7-3-1-2-4-8(7)6-10;/h6-9H,10-11,15H2,1-5H3;1-4,10H,5-6,9H2;1H4. The van der Waals surface area contributed by atoms with Crippen LogP contribution in [0.25, 0.3) is 0 Å². The number of hydrogen-bond acceptors (Lipinski definition) is 4. The minimum absolute atomic E-state index is 0. The topological polar surface area (TPSA) is 81.5 Å². The van der Waals surface area contributed by atoms with Gasteiger partial charge in [0.2, 0.25) is 0 Å². The van der Waals surface area contributed by atoms with Gasteiger partial charge in [-0.3, -0.25) is 0 Å². The van der Waals surface area contributed by atoms with Crippen molar-refractivity contribution in [2.75, 3.05) is 0 Å². The Morgan fingerprint density at radius 2 is 1.21 bits per heavy atom. The van der Waals surface area contributed by atoms with Crippen molar-refractivity contribution in [3.63, 3.8) is 0 Å². The van der Waals surface area contributed by atoms with Crippen LogP contribution in [0.5, 0.6) is 0 Å². The Bertz CT molecular complexity index is 674. The van der Waals surface area contributed by atoms with Gasteiger partial charge < -0.3 is 21.0 Å². The SMILES string of the molecule is C.CC(C)(C)[Si](C)(C)OCc1ccccc1CN.NCc1ccccc1CO. The third-order valence-electron chi connectivity index (χ3n) is 5.24. The van der Waals surface area contributed by atoms with Gasteiger partial charge in [0.05, 0.1) is 13.2 Å². The summed E-state index contributed by atoms with van der Waals surface area (Å²) in [5.41, 5.74) is 15.5. The average molecular weight is 405 g/mol. The van der Waals surface area contributed by atoms with Crippen LogP contribution in [-0.2, 0) is 30.7 Å². The summed E-state index contributed by atoms with van der Waals surface area (Å²) in [6.07, 6.45) is 0. The lowest BCUT2D eigenvalue weighted by molar-refractivity contribution is 0.275. The van der Waals surface area contributed by atoms with Gasteiger partial charge in [-0.05, 0) is 40.4 Å². The Morgan fingerprint density at radius 3 is 1.57 bits per heavy atom. The normalized spacial score (nSPS) is 11.3. The predicted octanol–water partition coefficient (Wildman–Crippen LogP) is 4.94. The second kappa shape index (κ2) is 12.1. The first-order chi connectivity index (χ1) is 12.7. The van der Waals surface area contributed by atoms with Gasteiger partial charge in [0.25, 0.3) is 0 Å². The monoisotopic (exact) mass is 404 g/mol. The van der Waals surface area contributed by atoms with Crippen molar-refractivity contribution in [2.24, 2.45) is 11.5 Å². The molecule has 28 heavy (non-hydrogen) atoms. The molecule has 158 valence electrons. The highest BCUT2D eigenvalue weighted by Crippen LogP contribution is 2.37. The maximum atomic E-state index is 8.79. The highest BCUT2D eigenvalue weighted by Gasteiger charge is 2.37. The molecule has 0 atom stereocenters. The third kappa shape index (κ3) is 7.85. The van der Waals surface area contributed by atoms with Crippen LogP contribution >= 0.6 is 0 Å². The number of aliphatic hydroxyl groups excluding tert-OH is 1. The summed E-state index contributed by atoms with van der Waals surface area (Å²) in [6, 6.07) is 15.9. The smallest absolute Gasteiger partial charge is 0.192 e. The maximum Gasteiger partial charge on any atom is 0.192 e. The van der Waals surface area contributed by atoms with Gasteiger partial charge in [-0.25, -0.2) is 0 Å². The molecule has 0 amide bonds. The van der Waals surface area contributed by atoms with Crippen molar-refractivity contribution in [1.82, 2.24) is 0 Å². The van der Waals surface area contributed by atoms with Gasteiger partial charge in [-0.1, -0.05) is 76.7 Å². The van der Waals surface area contributed by atoms with Gasteiger partial charge in [0.1, 0.15) is 0 Å². The number of benzene rings is 2. The van der Waals surface area contributed by atoms with Crippen molar-refractivity contribution in [1.29, 1.82) is 0 Å². The lowest BCUT2D eigenvalue weighted by Gasteiger charge is -2.36. The summed E-state index contributed by atoms with van der Waals surface area (Å²) >= 11 is 0. The molecule has 0 aromatic heterocycles. The van der Waals surface area contributed by atoms with E-state index in [1.54, 1.807) is 0 Å². The fraction of sp³-hybridized carbons (Fsp3) is 0.478. The molecule has 0 aliphatic heterocycles. The highest BCUT2D eigenvalue weighted by molar-refractivity contribution is 6.74. The summed E-state index contributed by atoms with van der Waals surface area (Å²) in [7, 11) is -1.66. The fourth-order valence-corrected chi connectivity index (χ4v) is 3.23. The van der Waals surface area contributed by atoms with Crippen molar-refractivity contribution in [2.45, 2.75) is 72.6 Å². The molecule has 0 fully saturated rings. The number of nitrogens with two attached hydrogens (primary N) is 2. The Labute approximate surface area is 173 Å². The Hall–Kier alpha value is -1.50. The van der Waals surface area contributed by atoms with Crippen LogP contribution in [0.15, 0.2) is 48.5 Å². The first kappa shape index (κ1) is 26.5. The molecule has 0 radical (unpaired) electrons. The van der Waals surface area contributed by atoms with E-state index in [4.69, 9.17) is 21.0 Å². The molecule has 0 saturated carbocycles. The Morgan fingerprint density at radius 1 is 0.821 bits per heavy atom. The van der Waals surface area contributed by atoms with Gasteiger partial charge in [0.15, 0.2) is 8.32 Å². The molecule has 2 aromatic carbocycles. The average Bonchev–Trinajstić information content (AvgIpc) is 2.66. The molecule has 5 N–H and O–H groups in total. The van der Waals surface area contributed by atoms with Crippen LogP contribution in [0.2, 0.25) is 18.1 Å². The zero-order chi connectivity index (χ0) is 20.5. The summed E-state index contributed by atoms with van der Waals surface area (Å²) in [4.78, 5) is 0. The molecular formula is C23H40N2O2Si. The van der Waals surface area contributed by atoms with Crippen molar-refractivity contribution in [3.8, 4) is 0 Å². The summed E-state index contributed by atoms with van der Waals surface area (Å²) in [5, 5.41) is 9.05. The van der Waals surface area contributed by atoms with Crippen LogP contribution in [-0.4, -0.2) is 13.4 Å². The second-order valence-corrected chi connectivity index (χ2v) is 13.0. The number of hydrogen-bond donors (Lipinski definition) is 3. The van der Waals surface area contributed by atoms with Crippen LogP contribution < -0.4 is 11.5 Å². The van der Waals surface area contributed by atoms with Crippen LogP contribution in [0.4, 0.5) is 0 Å². The largest absolute Gasteiger partial charge is 0.413 e. The fourth-order valence-electron chi connectivity index (χ4n) is 2.28. The van der Waals surface area contributed by atoms with E-state index >= 15 is 0 Å². The summed E-state index contributed by atoms with van der Waals surface area (Å²) < 4.78 is 6.21. The zero-order valence-corrected chi connectivity index (χ0v) is 18.5. The van der Waals surface area contributed by atoms with E-state index in [1.807, 2.05) is 36.4 Å². The maximum absolute atomic E-state index is 8.79. The molecule has 0 bridgehead atoms. The van der Waals surface area contributed by atoms with E-state index in [-0.39, 0.29) is 19.1 Å². The molecule has 4 nitrogen and oxygen atoms in total. The van der Waals surface area contributed by atoms with E-state index in [2.05, 4.69) is 46.0 Å². The van der Waals surface area contributed by atoms with E-state index in [1.165, 1.54) is 11.1 Å². The van der Waals surface area contributed by atoms with Crippen LogP contribution in [0.3, 0.4) is 0 Å². The van der Waals surface area contributed by atoms with E-state index in [0.717, 1.165) is 11.1 Å². The van der Waals surface area contributed by atoms with Gasteiger partial charge in [-0.15, -0.1) is 0 Å². The molecule has 0 aliphatic carbocycles. The molecule has 0 aliphatic rings. The third-order valence-corrected chi connectivity index (χ3v) is 9.72. The second-order valence-electron chi connectivity index (χ2n) is 8.15. The lowest BCUT2D eigenvalue weighted by atomic mass is 10.1. The van der Waals surface area contributed by atoms with Crippen molar-refractivity contribution >= 4 is 8.32 Å². The zero-order valence-electron chi connectivity index (χ0n) is 17.5. The van der Waals surface area contributed by atoms with E-state index < -0.39 is 8.32 Å². The minimum atomic E-state index is -1.66. The Kier molecular flexibility index (Phi) is 11.5. The lowest BCUT2D eigenvalue weighted by Crippen LogP contribution is -2.40. The predicted molar refractivity (Wildman–Crippen MR) is 123 cm³/mol. The van der Waals surface area contributed by atoms with Gasteiger partial charge >= 0.3 is 0 Å². The molecular weight excluding hydrogens is 364 g/mol. The molecule has 2 aromatic rings. The van der Waals surface area contributed by atoms with Gasteiger partial charge in [-0.2, -0.15) is 0 Å². The summed E-state index contributed by atoms with van der Waals surface area (Å²) in [5.74, 6) is 0.